The summed E-state index contributed by atoms with van der Waals surface area (Å²) in [6.45, 7) is 3.68. The molecule has 2 aromatic rings. The number of morpholine rings is 1. The lowest BCUT2D eigenvalue weighted by molar-refractivity contribution is -0.385. The van der Waals surface area contributed by atoms with E-state index in [4.69, 9.17) is 9.47 Å². The average Bonchev–Trinajstić information content (AvgIpc) is 2.78. The molecule has 0 radical (unpaired) electrons. The number of hydrogen-bond acceptors (Lipinski definition) is 7. The van der Waals surface area contributed by atoms with E-state index < -0.39 is 10.8 Å². The van der Waals surface area contributed by atoms with E-state index in [1.165, 1.54) is 31.3 Å². The molecule has 0 atom stereocenters. The molecular weight excluding hydrogens is 404 g/mol. The van der Waals surface area contributed by atoms with Gasteiger partial charge in [-0.05, 0) is 42.8 Å². The number of hydrogen-bond donors (Lipinski definition) is 1. The normalized spacial score (nSPS) is 13.8. The zero-order chi connectivity index (χ0) is 22.2. The lowest BCUT2D eigenvalue weighted by Gasteiger charge is -2.26. The van der Waals surface area contributed by atoms with E-state index in [9.17, 15) is 19.7 Å². The van der Waals surface area contributed by atoms with Gasteiger partial charge in [0.05, 0.1) is 29.9 Å². The van der Waals surface area contributed by atoms with Crippen LogP contribution in [0, 0.1) is 17.0 Å². The Bertz CT molecular complexity index is 984. The van der Waals surface area contributed by atoms with Crippen molar-refractivity contribution in [2.24, 2.45) is 5.10 Å². The molecule has 0 spiro atoms. The molecule has 3 rings (SSSR count). The van der Waals surface area contributed by atoms with Gasteiger partial charge in [0.1, 0.15) is 5.75 Å². The molecule has 1 heterocycles. The smallest absolute Gasteiger partial charge is 0.273 e. The number of benzene rings is 2. The number of carbonyl (C=O) groups is 2. The Labute approximate surface area is 178 Å². The van der Waals surface area contributed by atoms with Crippen LogP contribution in [0.5, 0.6) is 5.75 Å². The van der Waals surface area contributed by atoms with Crippen molar-refractivity contribution in [3.63, 3.8) is 0 Å². The Morgan fingerprint density at radius 3 is 2.61 bits per heavy atom. The fourth-order valence-electron chi connectivity index (χ4n) is 2.99. The van der Waals surface area contributed by atoms with Gasteiger partial charge in [0.25, 0.3) is 17.5 Å². The second-order valence-corrected chi connectivity index (χ2v) is 6.76. The Kier molecular flexibility index (Phi) is 7.28. The summed E-state index contributed by atoms with van der Waals surface area (Å²) in [7, 11) is 0. The maximum Gasteiger partial charge on any atom is 0.273 e. The third-order valence-corrected chi connectivity index (χ3v) is 4.73. The van der Waals surface area contributed by atoms with Crippen molar-refractivity contribution in [2.75, 3.05) is 32.9 Å². The molecule has 10 heteroatoms. The fourth-order valence-corrected chi connectivity index (χ4v) is 2.99. The second kappa shape index (κ2) is 10.3. The first kappa shape index (κ1) is 21.9. The van der Waals surface area contributed by atoms with Crippen LogP contribution in [0.4, 0.5) is 5.69 Å². The van der Waals surface area contributed by atoms with E-state index in [0.717, 1.165) is 0 Å². The number of nitro groups is 1. The lowest BCUT2D eigenvalue weighted by atomic mass is 10.1. The summed E-state index contributed by atoms with van der Waals surface area (Å²) in [5, 5.41) is 14.9. The van der Waals surface area contributed by atoms with E-state index >= 15 is 0 Å². The molecule has 0 aromatic heterocycles. The quantitative estimate of drug-likeness (QED) is 0.410. The zero-order valence-electron chi connectivity index (χ0n) is 16.9. The van der Waals surface area contributed by atoms with Crippen LogP contribution in [0.3, 0.4) is 0 Å². The monoisotopic (exact) mass is 426 g/mol. The first-order chi connectivity index (χ1) is 15.0. The highest BCUT2D eigenvalue weighted by atomic mass is 16.6. The Balaban J connectivity index is 1.51. The molecule has 2 aromatic carbocycles. The number of nitro benzene ring substituents is 1. The maximum atomic E-state index is 12.3. The van der Waals surface area contributed by atoms with Gasteiger partial charge in [-0.2, -0.15) is 5.10 Å². The largest absolute Gasteiger partial charge is 0.484 e. The molecule has 31 heavy (non-hydrogen) atoms. The van der Waals surface area contributed by atoms with Crippen LogP contribution in [0.1, 0.15) is 21.5 Å². The van der Waals surface area contributed by atoms with Crippen LogP contribution < -0.4 is 10.2 Å². The van der Waals surface area contributed by atoms with Gasteiger partial charge in [-0.1, -0.05) is 6.07 Å². The molecule has 10 nitrogen and oxygen atoms in total. The SMILES string of the molecule is Cc1c(C(=O)N/N=C/c2ccc(OCC(=O)N3CCOCC3)cc2)cccc1[N+](=O)[O-]. The Morgan fingerprint density at radius 1 is 1.23 bits per heavy atom. The number of rotatable bonds is 7. The van der Waals surface area contributed by atoms with Crippen LogP contribution in [-0.4, -0.2) is 60.8 Å². The molecule has 1 aliphatic rings. The molecule has 0 saturated carbocycles. The fraction of sp³-hybridized carbons (Fsp3) is 0.286. The number of amides is 2. The topological polar surface area (TPSA) is 123 Å². The minimum absolute atomic E-state index is 0.0495. The summed E-state index contributed by atoms with van der Waals surface area (Å²) in [5.74, 6) is -0.0952. The highest BCUT2D eigenvalue weighted by Gasteiger charge is 2.18. The minimum atomic E-state index is -0.543. The molecule has 0 aliphatic carbocycles. The van der Waals surface area contributed by atoms with E-state index in [1.54, 1.807) is 29.2 Å². The van der Waals surface area contributed by atoms with Crippen LogP contribution in [0.15, 0.2) is 47.6 Å². The van der Waals surface area contributed by atoms with Gasteiger partial charge in [-0.3, -0.25) is 19.7 Å². The minimum Gasteiger partial charge on any atom is -0.484 e. The molecule has 1 saturated heterocycles. The molecule has 1 aliphatic heterocycles. The summed E-state index contributed by atoms with van der Waals surface area (Å²) < 4.78 is 10.7. The van der Waals surface area contributed by atoms with Crippen molar-refractivity contribution >= 4 is 23.7 Å². The predicted molar refractivity (Wildman–Crippen MR) is 112 cm³/mol. The molecule has 2 amide bonds. The molecule has 1 N–H and O–H groups in total. The number of nitrogens with zero attached hydrogens (tertiary/aromatic N) is 3. The first-order valence-corrected chi connectivity index (χ1v) is 9.61. The first-order valence-electron chi connectivity index (χ1n) is 9.61. The van der Waals surface area contributed by atoms with Crippen LogP contribution >= 0.6 is 0 Å². The van der Waals surface area contributed by atoms with Crippen molar-refractivity contribution in [3.8, 4) is 5.75 Å². The molecule has 0 unspecified atom stereocenters. The summed E-state index contributed by atoms with van der Waals surface area (Å²) >= 11 is 0. The average molecular weight is 426 g/mol. The summed E-state index contributed by atoms with van der Waals surface area (Å²) in [4.78, 5) is 36.5. The Morgan fingerprint density at radius 2 is 1.94 bits per heavy atom. The van der Waals surface area contributed by atoms with Crippen molar-refractivity contribution in [1.29, 1.82) is 0 Å². The summed E-state index contributed by atoms with van der Waals surface area (Å²) in [6, 6.07) is 11.1. The Hall–Kier alpha value is -3.79. The zero-order valence-corrected chi connectivity index (χ0v) is 16.9. The molecule has 162 valence electrons. The maximum absolute atomic E-state index is 12.3. The summed E-state index contributed by atoms with van der Waals surface area (Å²) in [6.07, 6.45) is 1.44. The highest BCUT2D eigenvalue weighted by molar-refractivity contribution is 5.97. The predicted octanol–water partition coefficient (Wildman–Crippen LogP) is 1.90. The van der Waals surface area contributed by atoms with Gasteiger partial charge in [0, 0.05) is 24.7 Å². The third kappa shape index (κ3) is 5.86. The highest BCUT2D eigenvalue weighted by Crippen LogP contribution is 2.20. The van der Waals surface area contributed by atoms with Gasteiger partial charge in [0.2, 0.25) is 0 Å². The van der Waals surface area contributed by atoms with Crippen molar-refractivity contribution in [1.82, 2.24) is 10.3 Å². The van der Waals surface area contributed by atoms with Gasteiger partial charge in [-0.15, -0.1) is 0 Å². The van der Waals surface area contributed by atoms with Crippen LogP contribution in [0.2, 0.25) is 0 Å². The van der Waals surface area contributed by atoms with Gasteiger partial charge >= 0.3 is 0 Å². The van der Waals surface area contributed by atoms with Crippen LogP contribution in [0.25, 0.3) is 0 Å². The van der Waals surface area contributed by atoms with Gasteiger partial charge in [-0.25, -0.2) is 5.43 Å². The van der Waals surface area contributed by atoms with Gasteiger partial charge in [0.15, 0.2) is 6.61 Å². The molecular formula is C21H22N4O6. The second-order valence-electron chi connectivity index (χ2n) is 6.76. The number of ether oxygens (including phenoxy) is 2. The van der Waals surface area contributed by atoms with Crippen LogP contribution in [-0.2, 0) is 9.53 Å². The third-order valence-electron chi connectivity index (χ3n) is 4.73. The van der Waals surface area contributed by atoms with Crippen molar-refractivity contribution < 1.29 is 24.0 Å². The van der Waals surface area contributed by atoms with Crippen molar-refractivity contribution in [2.45, 2.75) is 6.92 Å². The van der Waals surface area contributed by atoms with E-state index in [1.807, 2.05) is 0 Å². The van der Waals surface area contributed by atoms with E-state index in [2.05, 4.69) is 10.5 Å². The number of carbonyl (C=O) groups excluding carboxylic acids is 2. The molecule has 0 bridgehead atoms. The number of nitrogens with one attached hydrogen (secondary N) is 1. The standard InChI is InChI=1S/C21H22N4O6/c1-15-18(3-2-4-19(15)25(28)29)21(27)23-22-13-16-5-7-17(8-6-16)31-14-20(26)24-9-11-30-12-10-24/h2-8,13H,9-12,14H2,1H3,(H,23,27)/b22-13+. The number of hydrazone groups is 1. The van der Waals surface area contributed by atoms with Gasteiger partial charge < -0.3 is 14.4 Å². The van der Waals surface area contributed by atoms with E-state index in [0.29, 0.717) is 37.6 Å². The van der Waals surface area contributed by atoms with Crippen molar-refractivity contribution in [3.05, 3.63) is 69.3 Å². The van der Waals surface area contributed by atoms with E-state index in [-0.39, 0.29) is 29.3 Å². The summed E-state index contributed by atoms with van der Waals surface area (Å²) in [5.41, 5.74) is 3.39. The molecule has 1 fully saturated rings. The lowest BCUT2D eigenvalue weighted by Crippen LogP contribution is -2.42.